The van der Waals surface area contributed by atoms with Gasteiger partial charge in [0, 0.05) is 10.7 Å². The van der Waals surface area contributed by atoms with Crippen molar-refractivity contribution in [2.45, 2.75) is 13.0 Å². The Labute approximate surface area is 117 Å². The third kappa shape index (κ3) is 2.98. The van der Waals surface area contributed by atoms with Crippen LogP contribution in [0.3, 0.4) is 0 Å². The zero-order valence-corrected chi connectivity index (χ0v) is 11.3. The first-order valence-electron chi connectivity index (χ1n) is 5.92. The van der Waals surface area contributed by atoms with Crippen LogP contribution in [0.25, 0.3) is 0 Å². The minimum atomic E-state index is 0.00877. The largest absolute Gasteiger partial charge is 0.398 e. The highest BCUT2D eigenvalue weighted by Crippen LogP contribution is 2.27. The molecule has 0 fully saturated rings. The van der Waals surface area contributed by atoms with Gasteiger partial charge in [0.1, 0.15) is 6.07 Å². The second kappa shape index (κ2) is 5.64. The number of nitrogens with two attached hydrogens (primary N) is 1. The number of nitrogen functional groups attached to an aromatic ring is 1. The zero-order chi connectivity index (χ0) is 13.8. The molecule has 2 aromatic carbocycles. The van der Waals surface area contributed by atoms with E-state index in [1.54, 1.807) is 18.2 Å². The Morgan fingerprint density at radius 3 is 2.68 bits per heavy atom. The van der Waals surface area contributed by atoms with E-state index in [0.29, 0.717) is 10.6 Å². The molecule has 0 spiro atoms. The maximum atomic E-state index is 9.11. The van der Waals surface area contributed by atoms with Gasteiger partial charge in [-0.25, -0.2) is 0 Å². The lowest BCUT2D eigenvalue weighted by atomic mass is 10.1. The average molecular weight is 272 g/mol. The van der Waals surface area contributed by atoms with Crippen LogP contribution in [0.4, 0.5) is 11.4 Å². The smallest absolute Gasteiger partial charge is 0.101 e. The lowest BCUT2D eigenvalue weighted by molar-refractivity contribution is 0.887. The molecule has 0 saturated heterocycles. The lowest BCUT2D eigenvalue weighted by Gasteiger charge is -2.18. The molecule has 4 heteroatoms. The van der Waals surface area contributed by atoms with Crippen molar-refractivity contribution >= 4 is 23.0 Å². The SMILES string of the molecule is CC(Nc1ccc(Cl)cc1C#N)c1ccccc1N. The lowest BCUT2D eigenvalue weighted by Crippen LogP contribution is -2.10. The Hall–Kier alpha value is -2.18. The molecule has 2 aromatic rings. The van der Waals surface area contributed by atoms with Crippen molar-refractivity contribution in [2.75, 3.05) is 11.1 Å². The third-order valence-corrected chi connectivity index (χ3v) is 3.17. The number of nitrogens with zero attached hydrogens (tertiary/aromatic N) is 1. The predicted molar refractivity (Wildman–Crippen MR) is 79.1 cm³/mol. The van der Waals surface area contributed by atoms with Crippen molar-refractivity contribution in [2.24, 2.45) is 0 Å². The molecule has 19 heavy (non-hydrogen) atoms. The minimum Gasteiger partial charge on any atom is -0.398 e. The highest BCUT2D eigenvalue weighted by molar-refractivity contribution is 6.30. The van der Waals surface area contributed by atoms with E-state index < -0.39 is 0 Å². The highest BCUT2D eigenvalue weighted by atomic mass is 35.5. The summed E-state index contributed by atoms with van der Waals surface area (Å²) in [5.41, 5.74) is 8.95. The van der Waals surface area contributed by atoms with Crippen LogP contribution in [0.1, 0.15) is 24.1 Å². The topological polar surface area (TPSA) is 61.8 Å². The number of halogens is 1. The maximum Gasteiger partial charge on any atom is 0.101 e. The predicted octanol–water partition coefficient (Wildman–Crippen LogP) is 3.97. The molecule has 0 aliphatic heterocycles. The third-order valence-electron chi connectivity index (χ3n) is 2.94. The first-order valence-corrected chi connectivity index (χ1v) is 6.30. The molecule has 2 rings (SSSR count). The van der Waals surface area contributed by atoms with Gasteiger partial charge < -0.3 is 11.1 Å². The van der Waals surface area contributed by atoms with Crippen LogP contribution >= 0.6 is 11.6 Å². The number of anilines is 2. The first-order chi connectivity index (χ1) is 9.11. The summed E-state index contributed by atoms with van der Waals surface area (Å²) in [5, 5.41) is 12.9. The van der Waals surface area contributed by atoms with Gasteiger partial charge in [0.15, 0.2) is 0 Å². The summed E-state index contributed by atoms with van der Waals surface area (Å²) in [7, 11) is 0. The van der Waals surface area contributed by atoms with E-state index in [1.807, 2.05) is 31.2 Å². The summed E-state index contributed by atoms with van der Waals surface area (Å²) >= 11 is 5.88. The Balaban J connectivity index is 2.27. The van der Waals surface area contributed by atoms with Crippen molar-refractivity contribution in [1.29, 1.82) is 5.26 Å². The molecule has 0 heterocycles. The van der Waals surface area contributed by atoms with Crippen molar-refractivity contribution in [3.05, 3.63) is 58.6 Å². The van der Waals surface area contributed by atoms with E-state index in [1.165, 1.54) is 0 Å². The van der Waals surface area contributed by atoms with Gasteiger partial charge in [-0.15, -0.1) is 0 Å². The Kier molecular flexibility index (Phi) is 3.94. The van der Waals surface area contributed by atoms with Gasteiger partial charge in [0.25, 0.3) is 0 Å². The van der Waals surface area contributed by atoms with Gasteiger partial charge in [0.2, 0.25) is 0 Å². The van der Waals surface area contributed by atoms with E-state index in [4.69, 9.17) is 22.6 Å². The van der Waals surface area contributed by atoms with Crippen LogP contribution in [-0.2, 0) is 0 Å². The van der Waals surface area contributed by atoms with Crippen molar-refractivity contribution in [3.63, 3.8) is 0 Å². The molecule has 96 valence electrons. The van der Waals surface area contributed by atoms with Crippen LogP contribution in [0.15, 0.2) is 42.5 Å². The van der Waals surface area contributed by atoms with E-state index in [-0.39, 0.29) is 6.04 Å². The molecule has 3 N–H and O–H groups in total. The molecule has 0 saturated carbocycles. The van der Waals surface area contributed by atoms with Crippen molar-refractivity contribution in [1.82, 2.24) is 0 Å². The summed E-state index contributed by atoms with van der Waals surface area (Å²) in [6.45, 7) is 2.00. The first kappa shape index (κ1) is 13.3. The molecule has 3 nitrogen and oxygen atoms in total. The van der Waals surface area contributed by atoms with Crippen molar-refractivity contribution in [3.8, 4) is 6.07 Å². The van der Waals surface area contributed by atoms with E-state index in [2.05, 4.69) is 11.4 Å². The highest BCUT2D eigenvalue weighted by Gasteiger charge is 2.10. The molecule has 1 atom stereocenters. The second-order valence-electron chi connectivity index (χ2n) is 4.30. The molecule has 0 radical (unpaired) electrons. The van der Waals surface area contributed by atoms with Gasteiger partial charge in [-0.3, -0.25) is 0 Å². The average Bonchev–Trinajstić information content (AvgIpc) is 2.41. The number of nitriles is 1. The molecular formula is C15H14ClN3. The van der Waals surface area contributed by atoms with Crippen LogP contribution in [-0.4, -0.2) is 0 Å². The van der Waals surface area contributed by atoms with Crippen LogP contribution in [0.2, 0.25) is 5.02 Å². The molecule has 1 unspecified atom stereocenters. The fourth-order valence-electron chi connectivity index (χ4n) is 1.95. The summed E-state index contributed by atoms with van der Waals surface area (Å²) in [4.78, 5) is 0. The van der Waals surface area contributed by atoms with E-state index in [9.17, 15) is 0 Å². The molecule has 0 aliphatic carbocycles. The Bertz CT molecular complexity index is 632. The van der Waals surface area contributed by atoms with Crippen LogP contribution in [0, 0.1) is 11.3 Å². The summed E-state index contributed by atoms with van der Waals surface area (Å²) in [5.74, 6) is 0. The van der Waals surface area contributed by atoms with Crippen molar-refractivity contribution < 1.29 is 0 Å². The van der Waals surface area contributed by atoms with Gasteiger partial charge in [0.05, 0.1) is 17.3 Å². The van der Waals surface area contributed by atoms with E-state index >= 15 is 0 Å². The molecule has 0 bridgehead atoms. The normalized spacial score (nSPS) is 11.6. The second-order valence-corrected chi connectivity index (χ2v) is 4.73. The number of benzene rings is 2. The zero-order valence-electron chi connectivity index (χ0n) is 10.5. The fourth-order valence-corrected chi connectivity index (χ4v) is 2.12. The van der Waals surface area contributed by atoms with Gasteiger partial charge in [-0.05, 0) is 36.8 Å². The number of para-hydroxylation sites is 1. The standard InChI is InChI=1S/C15H14ClN3/c1-10(13-4-2-3-5-14(13)18)19-15-7-6-12(16)8-11(15)9-17/h2-8,10,19H,18H2,1H3. The fraction of sp³-hybridized carbons (Fsp3) is 0.133. The van der Waals surface area contributed by atoms with Crippen LogP contribution in [0.5, 0.6) is 0 Å². The quantitative estimate of drug-likeness (QED) is 0.831. The van der Waals surface area contributed by atoms with Gasteiger partial charge in [-0.1, -0.05) is 29.8 Å². The maximum absolute atomic E-state index is 9.11. The Morgan fingerprint density at radius 1 is 1.26 bits per heavy atom. The summed E-state index contributed by atoms with van der Waals surface area (Å²) < 4.78 is 0. The summed E-state index contributed by atoms with van der Waals surface area (Å²) in [6.07, 6.45) is 0. The van der Waals surface area contributed by atoms with Crippen LogP contribution < -0.4 is 11.1 Å². The number of hydrogen-bond donors (Lipinski definition) is 2. The van der Waals surface area contributed by atoms with Gasteiger partial charge in [-0.2, -0.15) is 5.26 Å². The number of hydrogen-bond acceptors (Lipinski definition) is 3. The Morgan fingerprint density at radius 2 is 2.00 bits per heavy atom. The van der Waals surface area contributed by atoms with E-state index in [0.717, 1.165) is 16.9 Å². The molecular weight excluding hydrogens is 258 g/mol. The minimum absolute atomic E-state index is 0.00877. The number of rotatable bonds is 3. The molecule has 0 amide bonds. The monoisotopic (exact) mass is 271 g/mol. The summed E-state index contributed by atoms with van der Waals surface area (Å²) in [6, 6.07) is 15.0. The molecule has 0 aliphatic rings. The number of nitrogens with one attached hydrogen (secondary N) is 1. The molecule has 0 aromatic heterocycles. The van der Waals surface area contributed by atoms with Gasteiger partial charge >= 0.3 is 0 Å².